The molecule has 2 aromatic heterocycles. The number of hydrogen-bond donors (Lipinski definition) is 2. The van der Waals surface area contributed by atoms with Crippen molar-refractivity contribution in [3.8, 4) is 11.3 Å². The molecule has 0 radical (unpaired) electrons. The van der Waals surface area contributed by atoms with Gasteiger partial charge >= 0.3 is 0 Å². The average Bonchev–Trinajstić information content (AvgIpc) is 3.13. The number of para-hydroxylation sites is 1. The number of amides is 1. The van der Waals surface area contributed by atoms with Gasteiger partial charge < -0.3 is 15.2 Å². The molecule has 3 aromatic rings. The molecule has 1 amide bonds. The van der Waals surface area contributed by atoms with Gasteiger partial charge in [0, 0.05) is 48.2 Å². The minimum atomic E-state index is 0.220. The molecule has 1 fully saturated rings. The van der Waals surface area contributed by atoms with Crippen LogP contribution >= 0.6 is 11.6 Å². The zero-order valence-corrected chi connectivity index (χ0v) is 16.0. The molecule has 1 aliphatic rings. The van der Waals surface area contributed by atoms with Crippen LogP contribution in [0.4, 0.5) is 5.95 Å². The summed E-state index contributed by atoms with van der Waals surface area (Å²) in [6.07, 6.45) is 5.91. The summed E-state index contributed by atoms with van der Waals surface area (Å²) in [5, 5.41) is 5.01. The van der Waals surface area contributed by atoms with E-state index in [1.54, 1.807) is 6.20 Å². The summed E-state index contributed by atoms with van der Waals surface area (Å²) in [5.41, 5.74) is 2.72. The molecule has 0 unspecified atom stereocenters. The lowest BCUT2D eigenvalue weighted by molar-refractivity contribution is -0.131. The third kappa shape index (κ3) is 3.62. The standard InChI is InChI=1S/C20H22ClN5O/c1-2-18(27)26-9-7-13(8-10-26)24-20-23-12-16(21)19(25-20)15-11-22-17-6-4-3-5-14(15)17/h3-6,11-13,22H,2,7-10H2,1H3,(H,23,24,25). The maximum Gasteiger partial charge on any atom is 0.223 e. The summed E-state index contributed by atoms with van der Waals surface area (Å²) < 4.78 is 0. The molecule has 1 saturated heterocycles. The number of likely N-dealkylation sites (tertiary alicyclic amines) is 1. The molecule has 0 aliphatic carbocycles. The summed E-state index contributed by atoms with van der Waals surface area (Å²) in [7, 11) is 0. The molecule has 0 bridgehead atoms. The van der Waals surface area contributed by atoms with Crippen LogP contribution < -0.4 is 5.32 Å². The van der Waals surface area contributed by atoms with Gasteiger partial charge in [0.15, 0.2) is 0 Å². The van der Waals surface area contributed by atoms with Crippen molar-refractivity contribution in [3.63, 3.8) is 0 Å². The number of aromatic amines is 1. The third-order valence-corrected chi connectivity index (χ3v) is 5.35. The molecule has 0 saturated carbocycles. The average molecular weight is 384 g/mol. The Bertz CT molecular complexity index is 962. The van der Waals surface area contributed by atoms with Gasteiger partial charge in [-0.05, 0) is 18.9 Å². The lowest BCUT2D eigenvalue weighted by Gasteiger charge is -2.32. The lowest BCUT2D eigenvalue weighted by atomic mass is 10.0. The van der Waals surface area contributed by atoms with Crippen LogP contribution in [-0.4, -0.2) is 44.9 Å². The van der Waals surface area contributed by atoms with Gasteiger partial charge in [-0.1, -0.05) is 36.7 Å². The normalized spacial score (nSPS) is 15.3. The smallest absolute Gasteiger partial charge is 0.223 e. The Kier molecular flexibility index (Phi) is 4.99. The quantitative estimate of drug-likeness (QED) is 0.711. The number of nitrogens with zero attached hydrogens (tertiary/aromatic N) is 3. The number of hydrogen-bond acceptors (Lipinski definition) is 4. The number of carbonyl (C=O) groups is 1. The molecule has 0 atom stereocenters. The van der Waals surface area contributed by atoms with E-state index in [1.807, 2.05) is 42.3 Å². The number of rotatable bonds is 4. The van der Waals surface area contributed by atoms with Crippen molar-refractivity contribution in [1.29, 1.82) is 0 Å². The molecule has 1 aliphatic heterocycles. The monoisotopic (exact) mass is 383 g/mol. The highest BCUT2D eigenvalue weighted by molar-refractivity contribution is 6.33. The van der Waals surface area contributed by atoms with E-state index < -0.39 is 0 Å². The van der Waals surface area contributed by atoms with Gasteiger partial charge in [-0.25, -0.2) is 9.97 Å². The Hall–Kier alpha value is -2.60. The highest BCUT2D eigenvalue weighted by Crippen LogP contribution is 2.32. The van der Waals surface area contributed by atoms with Crippen molar-refractivity contribution in [2.45, 2.75) is 32.2 Å². The first-order valence-corrected chi connectivity index (χ1v) is 9.67. The molecule has 4 rings (SSSR count). The molecule has 0 spiro atoms. The number of nitrogens with one attached hydrogen (secondary N) is 2. The zero-order chi connectivity index (χ0) is 18.8. The van der Waals surface area contributed by atoms with E-state index in [0.29, 0.717) is 23.1 Å². The highest BCUT2D eigenvalue weighted by atomic mass is 35.5. The largest absolute Gasteiger partial charge is 0.360 e. The Morgan fingerprint density at radius 2 is 2.11 bits per heavy atom. The highest BCUT2D eigenvalue weighted by Gasteiger charge is 2.22. The van der Waals surface area contributed by atoms with Gasteiger partial charge in [0.2, 0.25) is 11.9 Å². The number of aromatic nitrogens is 3. The summed E-state index contributed by atoms with van der Waals surface area (Å²) in [5.74, 6) is 0.790. The summed E-state index contributed by atoms with van der Waals surface area (Å²) in [6, 6.07) is 8.32. The Labute approximate surface area is 163 Å². The van der Waals surface area contributed by atoms with Gasteiger partial charge in [0.1, 0.15) is 0 Å². The van der Waals surface area contributed by atoms with Crippen molar-refractivity contribution in [2.75, 3.05) is 18.4 Å². The van der Waals surface area contributed by atoms with E-state index in [9.17, 15) is 4.79 Å². The van der Waals surface area contributed by atoms with E-state index in [2.05, 4.69) is 20.3 Å². The fourth-order valence-corrected chi connectivity index (χ4v) is 3.77. The minimum absolute atomic E-state index is 0.220. The van der Waals surface area contributed by atoms with Crippen molar-refractivity contribution >= 4 is 34.4 Å². The number of fused-ring (bicyclic) bond motifs is 1. The maximum atomic E-state index is 11.8. The first-order chi connectivity index (χ1) is 13.2. The van der Waals surface area contributed by atoms with Crippen LogP contribution in [0.5, 0.6) is 0 Å². The van der Waals surface area contributed by atoms with E-state index in [1.165, 1.54) is 0 Å². The summed E-state index contributed by atoms with van der Waals surface area (Å²) in [6.45, 7) is 3.45. The van der Waals surface area contributed by atoms with E-state index >= 15 is 0 Å². The Balaban J connectivity index is 1.53. The van der Waals surface area contributed by atoms with Gasteiger partial charge in [-0.2, -0.15) is 0 Å². The van der Waals surface area contributed by atoms with Crippen LogP contribution in [-0.2, 0) is 4.79 Å². The number of H-pyrrole nitrogens is 1. The Morgan fingerprint density at radius 3 is 2.89 bits per heavy atom. The van der Waals surface area contributed by atoms with Crippen LogP contribution in [0.15, 0.2) is 36.7 Å². The van der Waals surface area contributed by atoms with Gasteiger partial charge in [-0.15, -0.1) is 0 Å². The fourth-order valence-electron chi connectivity index (χ4n) is 3.57. The maximum absolute atomic E-state index is 11.8. The van der Waals surface area contributed by atoms with Crippen molar-refractivity contribution < 1.29 is 4.79 Å². The Morgan fingerprint density at radius 1 is 1.33 bits per heavy atom. The van der Waals surface area contributed by atoms with Crippen LogP contribution in [0, 0.1) is 0 Å². The molecule has 1 aromatic carbocycles. The molecule has 7 heteroatoms. The number of anilines is 1. The molecule has 27 heavy (non-hydrogen) atoms. The fraction of sp³-hybridized carbons (Fsp3) is 0.350. The van der Waals surface area contributed by atoms with Crippen LogP contribution in [0.3, 0.4) is 0 Å². The van der Waals surface area contributed by atoms with E-state index in [-0.39, 0.29) is 11.9 Å². The van der Waals surface area contributed by atoms with E-state index in [0.717, 1.165) is 42.4 Å². The number of piperidine rings is 1. The molecular weight excluding hydrogens is 362 g/mol. The molecule has 140 valence electrons. The third-order valence-electron chi connectivity index (χ3n) is 5.07. The number of carbonyl (C=O) groups excluding carboxylic acids is 1. The van der Waals surface area contributed by atoms with Crippen LogP contribution in [0.1, 0.15) is 26.2 Å². The van der Waals surface area contributed by atoms with Crippen molar-refractivity contribution in [3.05, 3.63) is 41.7 Å². The van der Waals surface area contributed by atoms with Gasteiger partial charge in [-0.3, -0.25) is 4.79 Å². The van der Waals surface area contributed by atoms with Crippen molar-refractivity contribution in [2.24, 2.45) is 0 Å². The second-order valence-electron chi connectivity index (χ2n) is 6.79. The second kappa shape index (κ2) is 7.56. The summed E-state index contributed by atoms with van der Waals surface area (Å²) >= 11 is 6.39. The first-order valence-electron chi connectivity index (χ1n) is 9.29. The predicted molar refractivity (Wildman–Crippen MR) is 108 cm³/mol. The topological polar surface area (TPSA) is 73.9 Å². The molecule has 6 nitrogen and oxygen atoms in total. The predicted octanol–water partition coefficient (Wildman–Crippen LogP) is 4.09. The van der Waals surface area contributed by atoms with Crippen LogP contribution in [0.25, 0.3) is 22.2 Å². The lowest BCUT2D eigenvalue weighted by Crippen LogP contribution is -2.42. The molecule has 3 heterocycles. The van der Waals surface area contributed by atoms with Gasteiger partial charge in [0.05, 0.1) is 16.9 Å². The molecule has 2 N–H and O–H groups in total. The van der Waals surface area contributed by atoms with Crippen molar-refractivity contribution in [1.82, 2.24) is 19.9 Å². The second-order valence-corrected chi connectivity index (χ2v) is 7.20. The first kappa shape index (κ1) is 17.8. The summed E-state index contributed by atoms with van der Waals surface area (Å²) in [4.78, 5) is 26.0. The van der Waals surface area contributed by atoms with E-state index in [4.69, 9.17) is 11.6 Å². The number of halogens is 1. The SMILES string of the molecule is CCC(=O)N1CCC(Nc2ncc(Cl)c(-c3c[nH]c4ccccc34)n2)CC1. The van der Waals surface area contributed by atoms with Crippen LogP contribution in [0.2, 0.25) is 5.02 Å². The van der Waals surface area contributed by atoms with Gasteiger partial charge in [0.25, 0.3) is 0 Å². The molecular formula is C20H22ClN5O. The zero-order valence-electron chi connectivity index (χ0n) is 15.2. The number of benzene rings is 1. The minimum Gasteiger partial charge on any atom is -0.360 e.